The van der Waals surface area contributed by atoms with E-state index in [4.69, 9.17) is 0 Å². The van der Waals surface area contributed by atoms with Crippen molar-refractivity contribution in [3.8, 4) is 0 Å². The van der Waals surface area contributed by atoms with Crippen LogP contribution >= 0.6 is 0 Å². The van der Waals surface area contributed by atoms with Crippen molar-refractivity contribution in [2.75, 3.05) is 0 Å². The molecule has 1 nitrogen and oxygen atoms in total. The van der Waals surface area contributed by atoms with E-state index in [1.54, 1.807) is 24.3 Å². The zero-order chi connectivity index (χ0) is 22.8. The minimum atomic E-state index is -0.229. The second kappa shape index (κ2) is 8.87. The smallest absolute Gasteiger partial charge is 0.123 e. The highest BCUT2D eigenvalue weighted by Crippen LogP contribution is 2.31. The molecule has 0 saturated carbocycles. The lowest BCUT2D eigenvalue weighted by atomic mass is 10.1. The van der Waals surface area contributed by atoms with E-state index < -0.39 is 0 Å². The number of fused-ring (bicyclic) bond motifs is 3. The molecule has 4 aromatic carbocycles. The van der Waals surface area contributed by atoms with E-state index >= 15 is 0 Å². The monoisotopic (exact) mass is 435 g/mol. The number of halogens is 2. The minimum Gasteiger partial charge on any atom is -0.341 e. The number of rotatable bonds is 5. The number of aromatic nitrogens is 1. The maximum atomic E-state index is 13.1. The lowest BCUT2D eigenvalue weighted by Gasteiger charge is -2.04. The summed E-state index contributed by atoms with van der Waals surface area (Å²) in [6.07, 6.45) is 8.11. The molecule has 33 heavy (non-hydrogen) atoms. The average molecular weight is 436 g/mol. The number of hydrogen-bond donors (Lipinski definition) is 0. The summed E-state index contributed by atoms with van der Waals surface area (Å²) in [4.78, 5) is 0. The van der Waals surface area contributed by atoms with Crippen LogP contribution in [0.4, 0.5) is 8.78 Å². The van der Waals surface area contributed by atoms with Crippen molar-refractivity contribution in [2.24, 2.45) is 0 Å². The summed E-state index contributed by atoms with van der Waals surface area (Å²) < 4.78 is 28.6. The number of aryl methyl sites for hydroxylation is 1. The molecule has 1 aromatic heterocycles. The quantitative estimate of drug-likeness (QED) is 0.244. The van der Waals surface area contributed by atoms with E-state index in [0.717, 1.165) is 28.8 Å². The maximum Gasteiger partial charge on any atom is 0.123 e. The molecule has 162 valence electrons. The van der Waals surface area contributed by atoms with Crippen molar-refractivity contribution in [2.45, 2.75) is 13.5 Å². The third-order valence-electron chi connectivity index (χ3n) is 5.91. The molecule has 0 radical (unpaired) electrons. The predicted octanol–water partition coefficient (Wildman–Crippen LogP) is 8.43. The van der Waals surface area contributed by atoms with Gasteiger partial charge in [-0.3, -0.25) is 0 Å². The Bertz CT molecular complexity index is 1370. The zero-order valence-electron chi connectivity index (χ0n) is 18.3. The van der Waals surface area contributed by atoms with Crippen LogP contribution in [0.25, 0.3) is 46.1 Å². The molecule has 0 atom stereocenters. The second-order valence-electron chi connectivity index (χ2n) is 8.07. The standard InChI is InChI=1S/C30H23F2N/c1-2-33-29-19-23(5-3-21-7-13-25(31)14-8-21)11-17-27(29)28-18-12-24(20-30(28)33)6-4-22-9-15-26(32)16-10-22/h3-20H,2H2,1H3/b5-3+,6-4+. The first-order chi connectivity index (χ1) is 16.1. The first-order valence-electron chi connectivity index (χ1n) is 11.0. The largest absolute Gasteiger partial charge is 0.341 e. The van der Waals surface area contributed by atoms with Gasteiger partial charge in [0.15, 0.2) is 0 Å². The van der Waals surface area contributed by atoms with Gasteiger partial charge in [0.1, 0.15) is 11.6 Å². The predicted molar refractivity (Wildman–Crippen MR) is 136 cm³/mol. The van der Waals surface area contributed by atoms with Gasteiger partial charge in [0.05, 0.1) is 0 Å². The van der Waals surface area contributed by atoms with Crippen molar-refractivity contribution in [1.82, 2.24) is 4.57 Å². The number of nitrogens with zero attached hydrogens (tertiary/aromatic N) is 1. The molecule has 3 heteroatoms. The molecule has 0 unspecified atom stereocenters. The SMILES string of the molecule is CCn1c2cc(/C=C/c3ccc(F)cc3)ccc2c2ccc(/C=C/c3ccc(F)cc3)cc21. The van der Waals surface area contributed by atoms with E-state index in [0.29, 0.717) is 0 Å². The molecule has 0 aliphatic rings. The van der Waals surface area contributed by atoms with Gasteiger partial charge in [-0.1, -0.05) is 72.8 Å². The van der Waals surface area contributed by atoms with Crippen LogP contribution in [0.5, 0.6) is 0 Å². The molecule has 1 heterocycles. The van der Waals surface area contributed by atoms with Crippen LogP contribution in [0.3, 0.4) is 0 Å². The molecule has 0 bridgehead atoms. The number of benzene rings is 4. The van der Waals surface area contributed by atoms with E-state index in [1.165, 1.54) is 46.1 Å². The van der Waals surface area contributed by atoms with Crippen LogP contribution in [0.1, 0.15) is 29.2 Å². The fourth-order valence-corrected chi connectivity index (χ4v) is 4.21. The maximum absolute atomic E-state index is 13.1. The van der Waals surface area contributed by atoms with Crippen LogP contribution in [0, 0.1) is 11.6 Å². The summed E-state index contributed by atoms with van der Waals surface area (Å²) in [7, 11) is 0. The molecule has 0 aliphatic heterocycles. The summed E-state index contributed by atoms with van der Waals surface area (Å²) in [6, 6.07) is 25.9. The van der Waals surface area contributed by atoms with E-state index in [-0.39, 0.29) is 11.6 Å². The summed E-state index contributed by atoms with van der Waals surface area (Å²) in [5, 5.41) is 2.44. The van der Waals surface area contributed by atoms with E-state index in [9.17, 15) is 8.78 Å². The van der Waals surface area contributed by atoms with E-state index in [1.807, 2.05) is 12.2 Å². The van der Waals surface area contributed by atoms with Gasteiger partial charge in [-0.05, 0) is 65.6 Å². The Morgan fingerprint density at radius 1 is 0.545 bits per heavy atom. The van der Waals surface area contributed by atoms with Crippen LogP contribution in [-0.2, 0) is 6.54 Å². The average Bonchev–Trinajstić information content (AvgIpc) is 3.15. The Balaban J connectivity index is 1.51. The topological polar surface area (TPSA) is 4.93 Å². The van der Waals surface area contributed by atoms with Gasteiger partial charge in [-0.2, -0.15) is 0 Å². The normalized spacial score (nSPS) is 12.0. The van der Waals surface area contributed by atoms with Gasteiger partial charge in [-0.25, -0.2) is 8.78 Å². The highest BCUT2D eigenvalue weighted by Gasteiger charge is 2.10. The lowest BCUT2D eigenvalue weighted by molar-refractivity contribution is 0.627. The Kier molecular flexibility index (Phi) is 5.62. The fourth-order valence-electron chi connectivity index (χ4n) is 4.21. The third-order valence-corrected chi connectivity index (χ3v) is 5.91. The zero-order valence-corrected chi connectivity index (χ0v) is 18.3. The molecule has 0 saturated heterocycles. The first-order valence-corrected chi connectivity index (χ1v) is 11.0. The van der Waals surface area contributed by atoms with Gasteiger partial charge in [0.25, 0.3) is 0 Å². The fraction of sp³-hybridized carbons (Fsp3) is 0.0667. The van der Waals surface area contributed by atoms with Crippen molar-refractivity contribution >= 4 is 46.1 Å². The summed E-state index contributed by atoms with van der Waals surface area (Å²) in [5.41, 5.74) is 6.50. The Morgan fingerprint density at radius 2 is 0.909 bits per heavy atom. The molecule has 5 rings (SSSR count). The summed E-state index contributed by atoms with van der Waals surface area (Å²) in [5.74, 6) is -0.458. The first kappa shape index (κ1) is 20.9. The molecule has 0 fully saturated rings. The van der Waals surface area contributed by atoms with Crippen molar-refractivity contribution < 1.29 is 8.78 Å². The Hall–Kier alpha value is -3.98. The molecular formula is C30H23F2N. The van der Waals surface area contributed by atoms with Gasteiger partial charge in [0.2, 0.25) is 0 Å². The van der Waals surface area contributed by atoms with Crippen LogP contribution in [-0.4, -0.2) is 4.57 Å². The van der Waals surface area contributed by atoms with Crippen molar-refractivity contribution in [1.29, 1.82) is 0 Å². The molecule has 5 aromatic rings. The molecule has 0 spiro atoms. The van der Waals surface area contributed by atoms with Crippen LogP contribution < -0.4 is 0 Å². The van der Waals surface area contributed by atoms with Crippen molar-refractivity contribution in [3.63, 3.8) is 0 Å². The third kappa shape index (κ3) is 4.35. The molecule has 0 N–H and O–H groups in total. The highest BCUT2D eigenvalue weighted by atomic mass is 19.1. The van der Waals surface area contributed by atoms with Crippen molar-refractivity contribution in [3.05, 3.63) is 119 Å². The molecular weight excluding hydrogens is 412 g/mol. The Labute approximate surface area is 191 Å². The summed E-state index contributed by atoms with van der Waals surface area (Å²) >= 11 is 0. The van der Waals surface area contributed by atoms with Gasteiger partial charge < -0.3 is 4.57 Å². The van der Waals surface area contributed by atoms with Crippen LogP contribution in [0.15, 0.2) is 84.9 Å². The van der Waals surface area contributed by atoms with Crippen LogP contribution in [0.2, 0.25) is 0 Å². The lowest BCUT2D eigenvalue weighted by Crippen LogP contribution is -1.93. The van der Waals surface area contributed by atoms with E-state index in [2.05, 4.69) is 60.0 Å². The highest BCUT2D eigenvalue weighted by molar-refractivity contribution is 6.09. The van der Waals surface area contributed by atoms with Gasteiger partial charge in [0, 0.05) is 28.4 Å². The second-order valence-corrected chi connectivity index (χ2v) is 8.07. The van der Waals surface area contributed by atoms with Gasteiger partial charge in [-0.15, -0.1) is 0 Å². The Morgan fingerprint density at radius 3 is 1.30 bits per heavy atom. The molecule has 0 amide bonds. The summed E-state index contributed by atoms with van der Waals surface area (Å²) in [6.45, 7) is 3.01. The van der Waals surface area contributed by atoms with Gasteiger partial charge >= 0.3 is 0 Å². The number of hydrogen-bond acceptors (Lipinski definition) is 0. The molecule has 0 aliphatic carbocycles. The minimum absolute atomic E-state index is 0.229.